The highest BCUT2D eigenvalue weighted by Gasteiger charge is 2.05. The molecule has 0 fully saturated rings. The fraction of sp³-hybridized carbons (Fsp3) is 0.611. The summed E-state index contributed by atoms with van der Waals surface area (Å²) in [4.78, 5) is 6.01. The minimum atomic E-state index is 0. The molecular formula is C18H31IN6O2S. The largest absolute Gasteiger partial charge is 0.382 e. The standard InChI is InChI=1S/C18H30N6O2S.HI/c1-15-22-23-17(24(15)2)14-21-18(19-8-5-10-26-12-11-25-3)20-9-7-16-6-4-13-27-16;/h4,6,13H,5,7-12,14H2,1-3H3,(H2,19,20,21);1H. The molecule has 2 rings (SSSR count). The van der Waals surface area contributed by atoms with Gasteiger partial charge < -0.3 is 24.7 Å². The van der Waals surface area contributed by atoms with Crippen molar-refractivity contribution in [2.45, 2.75) is 26.3 Å². The molecule has 0 radical (unpaired) electrons. The topological polar surface area (TPSA) is 85.6 Å². The molecule has 2 aromatic rings. The van der Waals surface area contributed by atoms with Gasteiger partial charge in [0.25, 0.3) is 0 Å². The number of methoxy groups -OCH3 is 1. The summed E-state index contributed by atoms with van der Waals surface area (Å²) in [5.41, 5.74) is 0. The molecule has 0 aromatic carbocycles. The van der Waals surface area contributed by atoms with Crippen LogP contribution in [0.4, 0.5) is 0 Å². The Morgan fingerprint density at radius 2 is 2.04 bits per heavy atom. The lowest BCUT2D eigenvalue weighted by molar-refractivity contribution is 0.0698. The number of nitrogens with zero attached hydrogens (tertiary/aromatic N) is 4. The van der Waals surface area contributed by atoms with E-state index in [9.17, 15) is 0 Å². The van der Waals surface area contributed by atoms with Crippen LogP contribution in [0.3, 0.4) is 0 Å². The van der Waals surface area contributed by atoms with E-state index in [4.69, 9.17) is 9.47 Å². The van der Waals surface area contributed by atoms with E-state index in [1.54, 1.807) is 18.4 Å². The summed E-state index contributed by atoms with van der Waals surface area (Å²) >= 11 is 1.77. The van der Waals surface area contributed by atoms with Crippen molar-refractivity contribution in [1.29, 1.82) is 0 Å². The summed E-state index contributed by atoms with van der Waals surface area (Å²) in [6.45, 7) is 5.98. The Kier molecular flexibility index (Phi) is 13.0. The number of aliphatic imine (C=N–C) groups is 1. The van der Waals surface area contributed by atoms with Gasteiger partial charge in [0.2, 0.25) is 0 Å². The van der Waals surface area contributed by atoms with Crippen LogP contribution in [0.5, 0.6) is 0 Å². The second-order valence-electron chi connectivity index (χ2n) is 6.03. The molecule has 0 aliphatic rings. The number of hydrogen-bond acceptors (Lipinski definition) is 6. The Balaban J connectivity index is 0.00000392. The van der Waals surface area contributed by atoms with E-state index >= 15 is 0 Å². The monoisotopic (exact) mass is 522 g/mol. The Labute approximate surface area is 188 Å². The van der Waals surface area contributed by atoms with E-state index in [0.717, 1.165) is 43.5 Å². The van der Waals surface area contributed by atoms with Crippen molar-refractivity contribution in [2.24, 2.45) is 12.0 Å². The van der Waals surface area contributed by atoms with Gasteiger partial charge in [0, 0.05) is 38.7 Å². The molecule has 2 N–H and O–H groups in total. The second kappa shape index (κ2) is 14.7. The van der Waals surface area contributed by atoms with Crippen molar-refractivity contribution in [3.05, 3.63) is 34.0 Å². The van der Waals surface area contributed by atoms with Gasteiger partial charge in [-0.25, -0.2) is 4.99 Å². The number of ether oxygens (including phenoxy) is 2. The fourth-order valence-electron chi connectivity index (χ4n) is 2.30. The van der Waals surface area contributed by atoms with Gasteiger partial charge in [0.05, 0.1) is 13.2 Å². The molecule has 0 saturated heterocycles. The Morgan fingerprint density at radius 1 is 1.21 bits per heavy atom. The predicted molar refractivity (Wildman–Crippen MR) is 124 cm³/mol. The third-order valence-electron chi connectivity index (χ3n) is 3.99. The van der Waals surface area contributed by atoms with E-state index in [2.05, 4.69) is 43.3 Å². The van der Waals surface area contributed by atoms with Crippen molar-refractivity contribution in [3.63, 3.8) is 0 Å². The predicted octanol–water partition coefficient (Wildman–Crippen LogP) is 2.13. The minimum Gasteiger partial charge on any atom is -0.382 e. The first-order valence-corrected chi connectivity index (χ1v) is 10.0. The third kappa shape index (κ3) is 9.30. The summed E-state index contributed by atoms with van der Waals surface area (Å²) < 4.78 is 12.4. The van der Waals surface area contributed by atoms with Crippen LogP contribution in [0.2, 0.25) is 0 Å². The van der Waals surface area contributed by atoms with Gasteiger partial charge >= 0.3 is 0 Å². The number of aryl methyl sites for hydroxylation is 1. The third-order valence-corrected chi connectivity index (χ3v) is 4.93. The smallest absolute Gasteiger partial charge is 0.191 e. The number of hydrogen-bond donors (Lipinski definition) is 2. The number of guanidine groups is 1. The quantitative estimate of drug-likeness (QED) is 0.192. The van der Waals surface area contributed by atoms with Crippen LogP contribution in [-0.4, -0.2) is 60.7 Å². The summed E-state index contributed by atoms with van der Waals surface area (Å²) in [5, 5.41) is 17.1. The maximum atomic E-state index is 5.49. The van der Waals surface area contributed by atoms with E-state index in [-0.39, 0.29) is 24.0 Å². The van der Waals surface area contributed by atoms with Crippen molar-refractivity contribution in [2.75, 3.05) is 40.0 Å². The Hall–Kier alpha value is -1.24. The normalized spacial score (nSPS) is 11.3. The van der Waals surface area contributed by atoms with E-state index < -0.39 is 0 Å². The molecule has 0 amide bonds. The molecule has 0 spiro atoms. The zero-order valence-corrected chi connectivity index (χ0v) is 20.0. The molecule has 158 valence electrons. The van der Waals surface area contributed by atoms with Crippen LogP contribution in [0.15, 0.2) is 22.5 Å². The number of thiophene rings is 1. The van der Waals surface area contributed by atoms with Crippen LogP contribution >= 0.6 is 35.3 Å². The van der Waals surface area contributed by atoms with Crippen LogP contribution in [0.25, 0.3) is 0 Å². The van der Waals surface area contributed by atoms with Gasteiger partial charge in [0.1, 0.15) is 12.4 Å². The maximum Gasteiger partial charge on any atom is 0.191 e. The molecule has 0 atom stereocenters. The zero-order valence-electron chi connectivity index (χ0n) is 16.8. The van der Waals surface area contributed by atoms with Gasteiger partial charge in [-0.2, -0.15) is 0 Å². The molecule has 8 nitrogen and oxygen atoms in total. The van der Waals surface area contributed by atoms with Gasteiger partial charge in [-0.05, 0) is 31.2 Å². The molecule has 0 saturated carbocycles. The van der Waals surface area contributed by atoms with Crippen molar-refractivity contribution in [3.8, 4) is 0 Å². The summed E-state index contributed by atoms with van der Waals surface area (Å²) in [7, 11) is 3.63. The first kappa shape index (κ1) is 24.8. The molecular weight excluding hydrogens is 491 g/mol. The molecule has 0 unspecified atom stereocenters. The average Bonchev–Trinajstić information content (AvgIpc) is 3.29. The van der Waals surface area contributed by atoms with Crippen LogP contribution < -0.4 is 10.6 Å². The fourth-order valence-corrected chi connectivity index (χ4v) is 3.01. The number of halogens is 1. The first-order valence-electron chi connectivity index (χ1n) is 9.17. The number of aromatic nitrogens is 3. The van der Waals surface area contributed by atoms with E-state index in [0.29, 0.717) is 26.4 Å². The molecule has 10 heteroatoms. The highest BCUT2D eigenvalue weighted by atomic mass is 127. The molecule has 0 bridgehead atoms. The van der Waals surface area contributed by atoms with E-state index in [1.807, 2.05) is 18.5 Å². The lowest BCUT2D eigenvalue weighted by atomic mass is 10.3. The van der Waals surface area contributed by atoms with Gasteiger partial charge in [0.15, 0.2) is 11.8 Å². The van der Waals surface area contributed by atoms with E-state index in [1.165, 1.54) is 4.88 Å². The number of rotatable bonds is 12. The van der Waals surface area contributed by atoms with Gasteiger partial charge in [-0.3, -0.25) is 0 Å². The summed E-state index contributed by atoms with van der Waals surface area (Å²) in [6.07, 6.45) is 1.87. The molecule has 0 aliphatic heterocycles. The Morgan fingerprint density at radius 3 is 2.71 bits per heavy atom. The molecule has 0 aliphatic carbocycles. The summed E-state index contributed by atoms with van der Waals surface area (Å²) in [6, 6.07) is 4.23. The highest BCUT2D eigenvalue weighted by molar-refractivity contribution is 14.0. The summed E-state index contributed by atoms with van der Waals surface area (Å²) in [5.74, 6) is 2.51. The highest BCUT2D eigenvalue weighted by Crippen LogP contribution is 2.08. The van der Waals surface area contributed by atoms with Crippen molar-refractivity contribution < 1.29 is 9.47 Å². The Bertz CT molecular complexity index is 678. The van der Waals surface area contributed by atoms with Gasteiger partial charge in [-0.15, -0.1) is 45.5 Å². The van der Waals surface area contributed by atoms with Crippen LogP contribution in [-0.2, 0) is 29.5 Å². The molecule has 28 heavy (non-hydrogen) atoms. The second-order valence-corrected chi connectivity index (χ2v) is 7.06. The first-order chi connectivity index (χ1) is 13.2. The minimum absolute atomic E-state index is 0. The lowest BCUT2D eigenvalue weighted by Gasteiger charge is -2.12. The number of nitrogens with one attached hydrogen (secondary N) is 2. The molecule has 2 heterocycles. The zero-order chi connectivity index (χ0) is 19.3. The molecule has 2 aromatic heterocycles. The van der Waals surface area contributed by atoms with Crippen LogP contribution in [0.1, 0.15) is 22.9 Å². The van der Waals surface area contributed by atoms with Gasteiger partial charge in [-0.1, -0.05) is 6.07 Å². The van der Waals surface area contributed by atoms with Crippen molar-refractivity contribution >= 4 is 41.3 Å². The maximum absolute atomic E-state index is 5.49. The van der Waals surface area contributed by atoms with Crippen molar-refractivity contribution in [1.82, 2.24) is 25.4 Å². The van der Waals surface area contributed by atoms with Crippen LogP contribution in [0, 0.1) is 6.92 Å². The average molecular weight is 522 g/mol. The SMILES string of the molecule is COCCOCCCNC(=NCc1nnc(C)n1C)NCCc1cccs1.I. The lowest BCUT2D eigenvalue weighted by Crippen LogP contribution is -2.39.